The van der Waals surface area contributed by atoms with E-state index >= 15 is 0 Å². The number of nitrogens with two attached hydrogens (primary N) is 1. The first kappa shape index (κ1) is 14.7. The molecule has 1 saturated carbocycles. The standard InChI is InChI=1S/C16H24N2O2/c1-10-4-3-5-12(6-10)9-18-13-7-11(2)15(17)14(8-13)16(19)20/h7-8,10,12,18H,3-6,9,17H2,1-2H3,(H,19,20). The van der Waals surface area contributed by atoms with E-state index in [0.717, 1.165) is 23.7 Å². The molecule has 0 radical (unpaired) electrons. The summed E-state index contributed by atoms with van der Waals surface area (Å²) in [4.78, 5) is 11.2. The second kappa shape index (κ2) is 6.16. The summed E-state index contributed by atoms with van der Waals surface area (Å²) in [6.45, 7) is 5.06. The van der Waals surface area contributed by atoms with E-state index in [-0.39, 0.29) is 5.56 Å². The van der Waals surface area contributed by atoms with Crippen molar-refractivity contribution in [3.63, 3.8) is 0 Å². The lowest BCUT2D eigenvalue weighted by atomic mass is 9.82. The van der Waals surface area contributed by atoms with Crippen LogP contribution in [-0.2, 0) is 0 Å². The van der Waals surface area contributed by atoms with Crippen molar-refractivity contribution >= 4 is 17.3 Å². The SMILES string of the molecule is Cc1cc(NCC2CCCC(C)C2)cc(C(=O)O)c1N. The molecule has 4 nitrogen and oxygen atoms in total. The molecule has 4 N–H and O–H groups in total. The van der Waals surface area contributed by atoms with Gasteiger partial charge in [-0.2, -0.15) is 0 Å². The molecule has 1 aromatic rings. The molecule has 0 aliphatic heterocycles. The molecule has 20 heavy (non-hydrogen) atoms. The maximum atomic E-state index is 11.2. The third-order valence-corrected chi connectivity index (χ3v) is 4.26. The van der Waals surface area contributed by atoms with Crippen LogP contribution in [0.2, 0.25) is 0 Å². The van der Waals surface area contributed by atoms with Crippen molar-refractivity contribution in [2.75, 3.05) is 17.6 Å². The van der Waals surface area contributed by atoms with E-state index in [1.807, 2.05) is 13.0 Å². The molecular formula is C16H24N2O2. The molecular weight excluding hydrogens is 252 g/mol. The Bertz CT molecular complexity index is 499. The highest BCUT2D eigenvalue weighted by atomic mass is 16.4. The van der Waals surface area contributed by atoms with Gasteiger partial charge in [-0.1, -0.05) is 19.8 Å². The highest BCUT2D eigenvalue weighted by Crippen LogP contribution is 2.29. The Labute approximate surface area is 120 Å². The zero-order valence-corrected chi connectivity index (χ0v) is 12.3. The predicted octanol–water partition coefficient (Wildman–Crippen LogP) is 3.51. The first-order valence-corrected chi connectivity index (χ1v) is 7.34. The van der Waals surface area contributed by atoms with Crippen molar-refractivity contribution in [1.29, 1.82) is 0 Å². The van der Waals surface area contributed by atoms with Gasteiger partial charge in [0.25, 0.3) is 0 Å². The molecule has 2 atom stereocenters. The summed E-state index contributed by atoms with van der Waals surface area (Å²) in [5, 5.41) is 12.5. The van der Waals surface area contributed by atoms with Crippen LogP contribution in [0.1, 0.15) is 48.5 Å². The molecule has 1 aliphatic carbocycles. The summed E-state index contributed by atoms with van der Waals surface area (Å²) in [5.41, 5.74) is 8.01. The number of benzene rings is 1. The van der Waals surface area contributed by atoms with Gasteiger partial charge in [0.05, 0.1) is 5.56 Å². The van der Waals surface area contributed by atoms with Crippen molar-refractivity contribution in [3.8, 4) is 0 Å². The molecule has 0 bridgehead atoms. The zero-order valence-electron chi connectivity index (χ0n) is 12.3. The second-order valence-corrected chi connectivity index (χ2v) is 6.08. The number of hydrogen-bond acceptors (Lipinski definition) is 3. The minimum atomic E-state index is -0.972. The van der Waals surface area contributed by atoms with E-state index in [2.05, 4.69) is 12.2 Å². The first-order valence-electron chi connectivity index (χ1n) is 7.34. The van der Waals surface area contributed by atoms with Crippen molar-refractivity contribution in [1.82, 2.24) is 0 Å². The summed E-state index contributed by atoms with van der Waals surface area (Å²) < 4.78 is 0. The molecule has 0 heterocycles. The van der Waals surface area contributed by atoms with Gasteiger partial charge in [0.2, 0.25) is 0 Å². The predicted molar refractivity (Wildman–Crippen MR) is 82.2 cm³/mol. The number of nitrogen functional groups attached to an aromatic ring is 1. The molecule has 1 aromatic carbocycles. The quantitative estimate of drug-likeness (QED) is 0.736. The van der Waals surface area contributed by atoms with Gasteiger partial charge in [0, 0.05) is 17.9 Å². The average molecular weight is 276 g/mol. The first-order chi connectivity index (χ1) is 9.47. The van der Waals surface area contributed by atoms with E-state index < -0.39 is 5.97 Å². The fourth-order valence-electron chi connectivity index (χ4n) is 3.08. The Balaban J connectivity index is 2.04. The molecule has 0 amide bonds. The number of carboxylic acids is 1. The van der Waals surface area contributed by atoms with Crippen LogP contribution < -0.4 is 11.1 Å². The van der Waals surface area contributed by atoms with Crippen LogP contribution in [0.15, 0.2) is 12.1 Å². The molecule has 4 heteroatoms. The fraction of sp³-hybridized carbons (Fsp3) is 0.562. The van der Waals surface area contributed by atoms with Crippen LogP contribution >= 0.6 is 0 Å². The van der Waals surface area contributed by atoms with Crippen LogP contribution in [0.25, 0.3) is 0 Å². The highest BCUT2D eigenvalue weighted by Gasteiger charge is 2.19. The maximum absolute atomic E-state index is 11.2. The molecule has 1 fully saturated rings. The van der Waals surface area contributed by atoms with Gasteiger partial charge in [-0.05, 0) is 49.3 Å². The van der Waals surface area contributed by atoms with Gasteiger partial charge >= 0.3 is 5.97 Å². The zero-order chi connectivity index (χ0) is 14.7. The lowest BCUT2D eigenvalue weighted by molar-refractivity contribution is 0.0698. The lowest BCUT2D eigenvalue weighted by Crippen LogP contribution is -2.21. The molecule has 2 unspecified atom stereocenters. The number of rotatable bonds is 4. The van der Waals surface area contributed by atoms with Gasteiger partial charge in [-0.15, -0.1) is 0 Å². The Kier molecular flexibility index (Phi) is 4.53. The topological polar surface area (TPSA) is 75.3 Å². The summed E-state index contributed by atoms with van der Waals surface area (Å²) in [5.74, 6) is 0.517. The third-order valence-electron chi connectivity index (χ3n) is 4.26. The minimum Gasteiger partial charge on any atom is -0.478 e. The number of aryl methyl sites for hydroxylation is 1. The molecule has 0 spiro atoms. The molecule has 2 rings (SSSR count). The summed E-state index contributed by atoms with van der Waals surface area (Å²) in [7, 11) is 0. The molecule has 0 saturated heterocycles. The Hall–Kier alpha value is -1.71. The number of nitrogens with one attached hydrogen (secondary N) is 1. The number of carbonyl (C=O) groups is 1. The van der Waals surface area contributed by atoms with E-state index in [0.29, 0.717) is 11.6 Å². The number of hydrogen-bond donors (Lipinski definition) is 3. The molecule has 110 valence electrons. The van der Waals surface area contributed by atoms with Crippen molar-refractivity contribution < 1.29 is 9.90 Å². The van der Waals surface area contributed by atoms with Crippen LogP contribution in [0, 0.1) is 18.8 Å². The van der Waals surface area contributed by atoms with E-state index in [4.69, 9.17) is 10.8 Å². The van der Waals surface area contributed by atoms with E-state index in [1.165, 1.54) is 25.7 Å². The fourth-order valence-corrected chi connectivity index (χ4v) is 3.08. The number of carboxylic acid groups (broad SMARTS) is 1. The summed E-state index contributed by atoms with van der Waals surface area (Å²) >= 11 is 0. The van der Waals surface area contributed by atoms with Gasteiger partial charge in [0.15, 0.2) is 0 Å². The highest BCUT2D eigenvalue weighted by molar-refractivity contribution is 5.95. The number of anilines is 2. The molecule has 0 aromatic heterocycles. The summed E-state index contributed by atoms with van der Waals surface area (Å²) in [6, 6.07) is 3.56. The van der Waals surface area contributed by atoms with Gasteiger partial charge in [-0.3, -0.25) is 0 Å². The second-order valence-electron chi connectivity index (χ2n) is 6.08. The Morgan fingerprint density at radius 1 is 1.45 bits per heavy atom. The smallest absolute Gasteiger partial charge is 0.337 e. The normalized spacial score (nSPS) is 22.5. The third kappa shape index (κ3) is 3.44. The Morgan fingerprint density at radius 3 is 2.85 bits per heavy atom. The van der Waals surface area contributed by atoms with Crippen molar-refractivity contribution in [2.24, 2.45) is 11.8 Å². The molecule has 1 aliphatic rings. The largest absolute Gasteiger partial charge is 0.478 e. The summed E-state index contributed by atoms with van der Waals surface area (Å²) in [6.07, 6.45) is 5.15. The van der Waals surface area contributed by atoms with Crippen LogP contribution in [0.4, 0.5) is 11.4 Å². The maximum Gasteiger partial charge on any atom is 0.337 e. The van der Waals surface area contributed by atoms with Gasteiger partial charge in [-0.25, -0.2) is 4.79 Å². The van der Waals surface area contributed by atoms with Crippen molar-refractivity contribution in [2.45, 2.75) is 39.5 Å². The number of aromatic carboxylic acids is 1. The van der Waals surface area contributed by atoms with Crippen LogP contribution in [0.3, 0.4) is 0 Å². The monoisotopic (exact) mass is 276 g/mol. The minimum absolute atomic E-state index is 0.185. The van der Waals surface area contributed by atoms with Crippen LogP contribution in [0.5, 0.6) is 0 Å². The Morgan fingerprint density at radius 2 is 2.20 bits per heavy atom. The van der Waals surface area contributed by atoms with Gasteiger partial charge < -0.3 is 16.2 Å². The lowest BCUT2D eigenvalue weighted by Gasteiger charge is -2.27. The van der Waals surface area contributed by atoms with Crippen LogP contribution in [-0.4, -0.2) is 17.6 Å². The average Bonchev–Trinajstić information content (AvgIpc) is 2.39. The van der Waals surface area contributed by atoms with E-state index in [1.54, 1.807) is 6.07 Å². The van der Waals surface area contributed by atoms with Gasteiger partial charge in [0.1, 0.15) is 0 Å². The van der Waals surface area contributed by atoms with Crippen molar-refractivity contribution in [3.05, 3.63) is 23.3 Å². The van der Waals surface area contributed by atoms with E-state index in [9.17, 15) is 4.79 Å².